The molecular formula is C17H29NO2S. The van der Waals surface area contributed by atoms with Crippen LogP contribution >= 0.6 is 0 Å². The number of rotatable bonds is 9. The third-order valence-electron chi connectivity index (χ3n) is 3.80. The summed E-state index contributed by atoms with van der Waals surface area (Å²) in [5.41, 5.74) is 2.26. The second kappa shape index (κ2) is 9.21. The zero-order chi connectivity index (χ0) is 15.8. The van der Waals surface area contributed by atoms with Gasteiger partial charge in [-0.15, -0.1) is 0 Å². The third-order valence-corrected chi connectivity index (χ3v) is 5.37. The molecule has 0 spiro atoms. The Hall–Kier alpha value is -0.870. The monoisotopic (exact) mass is 311 g/mol. The van der Waals surface area contributed by atoms with Gasteiger partial charge in [-0.3, -0.25) is 4.21 Å². The number of hydrogen-bond acceptors (Lipinski definition) is 3. The van der Waals surface area contributed by atoms with Gasteiger partial charge in [0.2, 0.25) is 0 Å². The maximum Gasteiger partial charge on any atom is 0.123 e. The number of methoxy groups -OCH3 is 1. The minimum absolute atomic E-state index is 0.294. The molecule has 21 heavy (non-hydrogen) atoms. The lowest BCUT2D eigenvalue weighted by Gasteiger charge is -2.16. The van der Waals surface area contributed by atoms with Gasteiger partial charge < -0.3 is 10.1 Å². The average molecular weight is 311 g/mol. The van der Waals surface area contributed by atoms with E-state index in [0.29, 0.717) is 17.7 Å². The van der Waals surface area contributed by atoms with Gasteiger partial charge in [-0.05, 0) is 37.1 Å². The molecular weight excluding hydrogens is 282 g/mol. The first-order chi connectivity index (χ1) is 10.0. The maximum absolute atomic E-state index is 12.3. The first-order valence-electron chi connectivity index (χ1n) is 7.76. The van der Waals surface area contributed by atoms with Crippen molar-refractivity contribution in [2.45, 2.75) is 45.9 Å². The van der Waals surface area contributed by atoms with Crippen molar-refractivity contribution >= 4 is 10.8 Å². The zero-order valence-corrected chi connectivity index (χ0v) is 14.8. The van der Waals surface area contributed by atoms with E-state index in [-0.39, 0.29) is 0 Å². The Morgan fingerprint density at radius 1 is 1.29 bits per heavy atom. The Bertz CT molecular complexity index is 462. The summed E-state index contributed by atoms with van der Waals surface area (Å²) in [7, 11) is 0.832. The van der Waals surface area contributed by atoms with Gasteiger partial charge in [0.25, 0.3) is 0 Å². The summed E-state index contributed by atoms with van der Waals surface area (Å²) in [5.74, 6) is 2.66. The highest BCUT2D eigenvalue weighted by Gasteiger charge is 2.13. The van der Waals surface area contributed by atoms with Crippen molar-refractivity contribution in [1.29, 1.82) is 0 Å². The van der Waals surface area contributed by atoms with Crippen molar-refractivity contribution in [3.8, 4) is 5.75 Å². The topological polar surface area (TPSA) is 38.3 Å². The van der Waals surface area contributed by atoms with Crippen LogP contribution in [0, 0.1) is 5.92 Å². The molecule has 0 heterocycles. The Morgan fingerprint density at radius 3 is 2.57 bits per heavy atom. The van der Waals surface area contributed by atoms with Crippen LogP contribution < -0.4 is 10.1 Å². The highest BCUT2D eigenvalue weighted by Crippen LogP contribution is 2.25. The van der Waals surface area contributed by atoms with Crippen LogP contribution in [-0.4, -0.2) is 23.6 Å². The predicted molar refractivity (Wildman–Crippen MR) is 91.3 cm³/mol. The van der Waals surface area contributed by atoms with E-state index in [1.807, 2.05) is 6.07 Å². The summed E-state index contributed by atoms with van der Waals surface area (Å²) >= 11 is 0. The normalized spacial score (nSPS) is 15.5. The van der Waals surface area contributed by atoms with E-state index < -0.39 is 10.8 Å². The average Bonchev–Trinajstić information content (AvgIpc) is 2.47. The summed E-state index contributed by atoms with van der Waals surface area (Å²) in [6.45, 7) is 9.47. The molecule has 4 heteroatoms. The second-order valence-corrected chi connectivity index (χ2v) is 7.12. The van der Waals surface area contributed by atoms with E-state index in [9.17, 15) is 4.21 Å². The lowest BCUT2D eigenvalue weighted by atomic mass is 10.0. The third kappa shape index (κ3) is 5.79. The van der Waals surface area contributed by atoms with Gasteiger partial charge in [0.15, 0.2) is 0 Å². The predicted octanol–water partition coefficient (Wildman–Crippen LogP) is 3.66. The Morgan fingerprint density at radius 2 is 2.00 bits per heavy atom. The van der Waals surface area contributed by atoms with Crippen LogP contribution in [0.15, 0.2) is 18.2 Å². The van der Waals surface area contributed by atoms with Gasteiger partial charge in [0.05, 0.1) is 12.9 Å². The molecule has 0 radical (unpaired) electrons. The van der Waals surface area contributed by atoms with Gasteiger partial charge in [-0.1, -0.05) is 33.3 Å². The molecule has 3 atom stereocenters. The minimum atomic E-state index is -0.839. The van der Waals surface area contributed by atoms with E-state index in [1.165, 1.54) is 5.56 Å². The quantitative estimate of drug-likeness (QED) is 0.756. The van der Waals surface area contributed by atoms with Crippen LogP contribution in [0.5, 0.6) is 5.75 Å². The molecule has 120 valence electrons. The zero-order valence-electron chi connectivity index (χ0n) is 13.9. The molecule has 0 bridgehead atoms. The highest BCUT2D eigenvalue weighted by atomic mass is 32.2. The molecule has 1 N–H and O–H groups in total. The van der Waals surface area contributed by atoms with Crippen molar-refractivity contribution in [3.63, 3.8) is 0 Å². The molecule has 1 aromatic rings. The number of hydrogen-bond donors (Lipinski definition) is 1. The van der Waals surface area contributed by atoms with Crippen LogP contribution in [0.3, 0.4) is 0 Å². The fourth-order valence-corrected chi connectivity index (χ4v) is 3.83. The molecule has 1 rings (SSSR count). The van der Waals surface area contributed by atoms with Crippen molar-refractivity contribution < 1.29 is 8.95 Å². The summed E-state index contributed by atoms with van der Waals surface area (Å²) in [4.78, 5) is 0. The van der Waals surface area contributed by atoms with Gasteiger partial charge in [-0.25, -0.2) is 0 Å². The lowest BCUT2D eigenvalue weighted by molar-refractivity contribution is 0.410. The number of nitrogens with one attached hydrogen (secondary N) is 1. The first kappa shape index (κ1) is 18.2. The van der Waals surface area contributed by atoms with E-state index >= 15 is 0 Å². The fraction of sp³-hybridized carbons (Fsp3) is 0.647. The summed E-state index contributed by atoms with van der Waals surface area (Å²) in [6.07, 6.45) is 1.07. The van der Waals surface area contributed by atoms with Crippen LogP contribution in [0.1, 0.15) is 51.3 Å². The van der Waals surface area contributed by atoms with Crippen molar-refractivity contribution in [2.24, 2.45) is 5.92 Å². The SMILES string of the molecule is CCNC(C)c1ccc(OC)c(CS(=O)CC(C)CC)c1. The molecule has 0 aromatic heterocycles. The van der Waals surface area contributed by atoms with Gasteiger partial charge in [0, 0.05) is 28.2 Å². The number of ether oxygens (including phenoxy) is 1. The van der Waals surface area contributed by atoms with Crippen molar-refractivity contribution in [3.05, 3.63) is 29.3 Å². The van der Waals surface area contributed by atoms with Gasteiger partial charge >= 0.3 is 0 Å². The minimum Gasteiger partial charge on any atom is -0.496 e. The van der Waals surface area contributed by atoms with E-state index in [2.05, 4.69) is 45.1 Å². The van der Waals surface area contributed by atoms with E-state index in [1.54, 1.807) is 7.11 Å². The standard InChI is InChI=1S/C17H29NO2S/c1-6-13(3)11-21(19)12-16-10-15(14(4)18-7-2)8-9-17(16)20-5/h8-10,13-14,18H,6-7,11-12H2,1-5H3. The number of benzene rings is 1. The van der Waals surface area contributed by atoms with E-state index in [0.717, 1.165) is 30.0 Å². The summed E-state index contributed by atoms with van der Waals surface area (Å²) < 4.78 is 17.7. The van der Waals surface area contributed by atoms with Crippen LogP contribution in [-0.2, 0) is 16.6 Å². The molecule has 1 aromatic carbocycles. The van der Waals surface area contributed by atoms with Gasteiger partial charge in [0.1, 0.15) is 5.75 Å². The molecule has 0 aliphatic rings. The molecule has 0 amide bonds. The second-order valence-electron chi connectivity index (χ2n) is 5.61. The first-order valence-corrected chi connectivity index (χ1v) is 9.25. The van der Waals surface area contributed by atoms with Crippen LogP contribution in [0.25, 0.3) is 0 Å². The maximum atomic E-state index is 12.3. The van der Waals surface area contributed by atoms with Crippen molar-refractivity contribution in [1.82, 2.24) is 5.32 Å². The summed E-state index contributed by atoms with van der Waals surface area (Å²) in [5, 5.41) is 3.40. The highest BCUT2D eigenvalue weighted by molar-refractivity contribution is 7.84. The largest absolute Gasteiger partial charge is 0.496 e. The van der Waals surface area contributed by atoms with Crippen molar-refractivity contribution in [2.75, 3.05) is 19.4 Å². The molecule has 3 nitrogen and oxygen atoms in total. The Kier molecular flexibility index (Phi) is 7.97. The molecule has 0 aliphatic carbocycles. The Balaban J connectivity index is 2.87. The van der Waals surface area contributed by atoms with Crippen LogP contribution in [0.4, 0.5) is 0 Å². The molecule has 0 fully saturated rings. The van der Waals surface area contributed by atoms with Crippen LogP contribution in [0.2, 0.25) is 0 Å². The summed E-state index contributed by atoms with van der Waals surface area (Å²) in [6, 6.07) is 6.48. The van der Waals surface area contributed by atoms with Gasteiger partial charge in [-0.2, -0.15) is 0 Å². The molecule has 3 unspecified atom stereocenters. The van der Waals surface area contributed by atoms with E-state index in [4.69, 9.17) is 4.74 Å². The smallest absolute Gasteiger partial charge is 0.123 e. The molecule has 0 aliphatic heterocycles. The lowest BCUT2D eigenvalue weighted by Crippen LogP contribution is -2.18. The fourth-order valence-electron chi connectivity index (χ4n) is 2.27. The Labute approximate surface area is 131 Å². The molecule has 0 saturated carbocycles. The molecule has 0 saturated heterocycles.